The Labute approximate surface area is 205 Å². The maximum atomic E-state index is 14.6. The highest BCUT2D eigenvalue weighted by Gasteiger charge is 2.15. The second kappa shape index (κ2) is 10.7. The monoisotopic (exact) mass is 471 g/mol. The van der Waals surface area contributed by atoms with E-state index in [9.17, 15) is 9.18 Å². The second-order valence-electron chi connectivity index (χ2n) is 8.93. The van der Waals surface area contributed by atoms with Gasteiger partial charge >= 0.3 is 5.97 Å². The third-order valence-electron chi connectivity index (χ3n) is 5.91. The fourth-order valence-electron chi connectivity index (χ4n) is 4.16. The van der Waals surface area contributed by atoms with Crippen molar-refractivity contribution in [3.8, 4) is 16.9 Å². The van der Waals surface area contributed by atoms with Crippen LogP contribution < -0.4 is 10.1 Å². The van der Waals surface area contributed by atoms with Gasteiger partial charge in [0.05, 0.1) is 18.8 Å². The van der Waals surface area contributed by atoms with Crippen LogP contribution in [-0.4, -0.2) is 19.2 Å². The van der Waals surface area contributed by atoms with Gasteiger partial charge in [0.2, 0.25) is 0 Å². The first-order chi connectivity index (χ1) is 16.8. The number of fused-ring (bicyclic) bond motifs is 1. The molecule has 4 aromatic rings. The minimum Gasteiger partial charge on any atom is -0.497 e. The zero-order valence-corrected chi connectivity index (χ0v) is 20.5. The maximum absolute atomic E-state index is 14.6. The van der Waals surface area contributed by atoms with Crippen LogP contribution in [0.25, 0.3) is 21.9 Å². The highest BCUT2D eigenvalue weighted by atomic mass is 19.1. The molecule has 1 atom stereocenters. The number of carbonyl (C=O) groups excluding carboxylic acids is 1. The van der Waals surface area contributed by atoms with Crippen molar-refractivity contribution in [1.29, 1.82) is 0 Å². The normalized spacial score (nSPS) is 12.1. The van der Waals surface area contributed by atoms with Crippen LogP contribution in [0.15, 0.2) is 78.9 Å². The standard InChI is InChI=1S/C30H30FNO3/c1-19(2)35-30(33)25-14-24(15-26(31)16-25)29-13-21(12-23-8-5-6-11-28(23)29)18-32-20(3)22-9-7-10-27(17-22)34-4/h5-17,19-20,32H,18H2,1-4H3. The second-order valence-corrected chi connectivity index (χ2v) is 8.93. The van der Waals surface area contributed by atoms with Crippen molar-refractivity contribution in [3.05, 3.63) is 101 Å². The molecule has 180 valence electrons. The number of hydrogen-bond acceptors (Lipinski definition) is 4. The van der Waals surface area contributed by atoms with Crippen LogP contribution in [0.5, 0.6) is 5.75 Å². The lowest BCUT2D eigenvalue weighted by Crippen LogP contribution is -2.18. The lowest BCUT2D eigenvalue weighted by atomic mass is 9.94. The predicted octanol–water partition coefficient (Wildman–Crippen LogP) is 7.07. The molecule has 0 spiro atoms. The van der Waals surface area contributed by atoms with Crippen molar-refractivity contribution in [2.75, 3.05) is 7.11 Å². The van der Waals surface area contributed by atoms with E-state index in [-0.39, 0.29) is 17.7 Å². The molecular formula is C30H30FNO3. The average Bonchev–Trinajstić information content (AvgIpc) is 2.86. The van der Waals surface area contributed by atoms with Crippen molar-refractivity contribution in [1.82, 2.24) is 5.32 Å². The Morgan fingerprint density at radius 3 is 2.51 bits per heavy atom. The summed E-state index contributed by atoms with van der Waals surface area (Å²) in [5.41, 5.74) is 3.90. The molecule has 5 heteroatoms. The van der Waals surface area contributed by atoms with Gasteiger partial charge in [-0.25, -0.2) is 9.18 Å². The van der Waals surface area contributed by atoms with Crippen LogP contribution in [0.4, 0.5) is 4.39 Å². The number of hydrogen-bond donors (Lipinski definition) is 1. The molecule has 0 radical (unpaired) electrons. The SMILES string of the molecule is COc1cccc(C(C)NCc2cc(-c3cc(F)cc(C(=O)OC(C)C)c3)c3ccccc3c2)c1. The van der Waals surface area contributed by atoms with Crippen LogP contribution in [0.1, 0.15) is 48.3 Å². The van der Waals surface area contributed by atoms with Gasteiger partial charge in [0.15, 0.2) is 0 Å². The summed E-state index contributed by atoms with van der Waals surface area (Å²) in [5.74, 6) is -0.186. The van der Waals surface area contributed by atoms with Gasteiger partial charge in [-0.05, 0) is 96.3 Å². The molecule has 4 nitrogen and oxygen atoms in total. The van der Waals surface area contributed by atoms with Gasteiger partial charge in [-0.15, -0.1) is 0 Å². The minimum atomic E-state index is -0.532. The van der Waals surface area contributed by atoms with Crippen LogP contribution in [0.2, 0.25) is 0 Å². The Bertz CT molecular complexity index is 1350. The molecular weight excluding hydrogens is 441 g/mol. The van der Waals surface area contributed by atoms with E-state index in [2.05, 4.69) is 30.4 Å². The Kier molecular flexibility index (Phi) is 7.47. The molecule has 0 amide bonds. The molecule has 35 heavy (non-hydrogen) atoms. The molecule has 0 bridgehead atoms. The first kappa shape index (κ1) is 24.4. The van der Waals surface area contributed by atoms with Gasteiger partial charge in [-0.1, -0.05) is 36.4 Å². The highest BCUT2D eigenvalue weighted by molar-refractivity contribution is 5.99. The third-order valence-corrected chi connectivity index (χ3v) is 5.91. The summed E-state index contributed by atoms with van der Waals surface area (Å²) in [5, 5.41) is 5.61. The van der Waals surface area contributed by atoms with E-state index in [1.54, 1.807) is 27.0 Å². The number of nitrogens with one attached hydrogen (secondary N) is 1. The number of esters is 1. The summed E-state index contributed by atoms with van der Waals surface area (Å²) >= 11 is 0. The van der Waals surface area contributed by atoms with E-state index < -0.39 is 11.8 Å². The summed E-state index contributed by atoms with van der Waals surface area (Å²) in [4.78, 5) is 12.5. The smallest absolute Gasteiger partial charge is 0.338 e. The number of carbonyl (C=O) groups is 1. The van der Waals surface area contributed by atoms with Crippen molar-refractivity contribution in [3.63, 3.8) is 0 Å². The summed E-state index contributed by atoms with van der Waals surface area (Å²) in [7, 11) is 1.66. The molecule has 0 aliphatic rings. The Hall–Kier alpha value is -3.70. The first-order valence-electron chi connectivity index (χ1n) is 11.7. The number of ether oxygens (including phenoxy) is 2. The van der Waals surface area contributed by atoms with Crippen molar-refractivity contribution in [2.45, 2.75) is 39.5 Å². The predicted molar refractivity (Wildman–Crippen MR) is 138 cm³/mol. The van der Waals surface area contributed by atoms with Gasteiger partial charge in [0.1, 0.15) is 11.6 Å². The lowest BCUT2D eigenvalue weighted by Gasteiger charge is -2.17. The quantitative estimate of drug-likeness (QED) is 0.279. The molecule has 0 heterocycles. The molecule has 0 aliphatic carbocycles. The van der Waals surface area contributed by atoms with E-state index in [4.69, 9.17) is 9.47 Å². The minimum absolute atomic E-state index is 0.103. The van der Waals surface area contributed by atoms with E-state index in [1.165, 1.54) is 12.1 Å². The number of methoxy groups -OCH3 is 1. The third kappa shape index (κ3) is 5.87. The number of rotatable bonds is 8. The van der Waals surface area contributed by atoms with Crippen LogP contribution in [0.3, 0.4) is 0 Å². The summed E-state index contributed by atoms with van der Waals surface area (Å²) < 4.78 is 25.2. The molecule has 1 unspecified atom stereocenters. The molecule has 4 aromatic carbocycles. The highest BCUT2D eigenvalue weighted by Crippen LogP contribution is 2.32. The molecule has 0 aliphatic heterocycles. The fourth-order valence-corrected chi connectivity index (χ4v) is 4.16. The topological polar surface area (TPSA) is 47.6 Å². The van der Waals surface area contributed by atoms with E-state index in [0.29, 0.717) is 12.1 Å². The van der Waals surface area contributed by atoms with Crippen LogP contribution in [0, 0.1) is 5.82 Å². The first-order valence-corrected chi connectivity index (χ1v) is 11.7. The fraction of sp³-hybridized carbons (Fsp3) is 0.233. The molecule has 0 aromatic heterocycles. The Morgan fingerprint density at radius 1 is 0.943 bits per heavy atom. The molecule has 4 rings (SSSR count). The molecule has 0 saturated heterocycles. The Balaban J connectivity index is 1.68. The van der Waals surface area contributed by atoms with Gasteiger partial charge in [0, 0.05) is 12.6 Å². The van der Waals surface area contributed by atoms with Gasteiger partial charge in [-0.3, -0.25) is 0 Å². The van der Waals surface area contributed by atoms with E-state index in [1.807, 2.05) is 42.5 Å². The summed E-state index contributed by atoms with van der Waals surface area (Å²) in [6, 6.07) is 24.7. The van der Waals surface area contributed by atoms with Crippen LogP contribution >= 0.6 is 0 Å². The number of halogens is 1. The van der Waals surface area contributed by atoms with Crippen molar-refractivity contribution in [2.24, 2.45) is 0 Å². The van der Waals surface area contributed by atoms with E-state index in [0.717, 1.165) is 33.2 Å². The average molecular weight is 472 g/mol. The van der Waals surface area contributed by atoms with Crippen LogP contribution in [-0.2, 0) is 11.3 Å². The Morgan fingerprint density at radius 2 is 1.74 bits per heavy atom. The summed E-state index contributed by atoms with van der Waals surface area (Å²) in [6.07, 6.45) is -0.281. The zero-order valence-electron chi connectivity index (χ0n) is 20.5. The molecule has 0 fully saturated rings. The zero-order chi connectivity index (χ0) is 24.9. The molecule has 0 saturated carbocycles. The van der Waals surface area contributed by atoms with Gasteiger partial charge < -0.3 is 14.8 Å². The van der Waals surface area contributed by atoms with Gasteiger partial charge in [-0.2, -0.15) is 0 Å². The van der Waals surface area contributed by atoms with Gasteiger partial charge in [0.25, 0.3) is 0 Å². The lowest BCUT2D eigenvalue weighted by molar-refractivity contribution is 0.0377. The van der Waals surface area contributed by atoms with Crippen molar-refractivity contribution >= 4 is 16.7 Å². The maximum Gasteiger partial charge on any atom is 0.338 e. The largest absolute Gasteiger partial charge is 0.497 e. The summed E-state index contributed by atoms with van der Waals surface area (Å²) in [6.45, 7) is 6.27. The van der Waals surface area contributed by atoms with Crippen molar-refractivity contribution < 1.29 is 18.7 Å². The molecule has 1 N–H and O–H groups in total. The van der Waals surface area contributed by atoms with E-state index >= 15 is 0 Å². The number of benzene rings is 4.